The van der Waals surface area contributed by atoms with Crippen LogP contribution in [-0.4, -0.2) is 30.1 Å². The van der Waals surface area contributed by atoms with E-state index in [-0.39, 0.29) is 24.3 Å². The highest BCUT2D eigenvalue weighted by Crippen LogP contribution is 2.32. The molecule has 0 atom stereocenters. The third-order valence-corrected chi connectivity index (χ3v) is 4.15. The molecule has 0 aliphatic heterocycles. The standard InChI is InChI=1S/C22H21NO4/c1-4-26-21(24)18-16-13-14(3)11-12-17(16)23-20(15-9-7-6-8-10-15)19(18)22(25)27-5-2/h6-13H,4-5H2,1-3H3. The van der Waals surface area contributed by atoms with Crippen LogP contribution in [0.1, 0.15) is 40.1 Å². The number of benzene rings is 2. The average molecular weight is 363 g/mol. The van der Waals surface area contributed by atoms with Gasteiger partial charge in [0, 0.05) is 10.9 Å². The van der Waals surface area contributed by atoms with Gasteiger partial charge in [-0.1, -0.05) is 42.0 Å². The summed E-state index contributed by atoms with van der Waals surface area (Å²) in [6.07, 6.45) is 0. The predicted molar refractivity (Wildman–Crippen MR) is 104 cm³/mol. The molecule has 0 N–H and O–H groups in total. The van der Waals surface area contributed by atoms with Crippen LogP contribution < -0.4 is 0 Å². The number of aromatic nitrogens is 1. The number of aryl methyl sites for hydroxylation is 1. The van der Waals surface area contributed by atoms with Crippen molar-refractivity contribution >= 4 is 22.8 Å². The molecule has 0 saturated carbocycles. The Hall–Kier alpha value is -3.21. The maximum Gasteiger partial charge on any atom is 0.341 e. The van der Waals surface area contributed by atoms with Crippen molar-refractivity contribution in [2.45, 2.75) is 20.8 Å². The van der Waals surface area contributed by atoms with Gasteiger partial charge in [-0.25, -0.2) is 14.6 Å². The van der Waals surface area contributed by atoms with Crippen molar-refractivity contribution in [1.82, 2.24) is 4.98 Å². The van der Waals surface area contributed by atoms with Crippen LogP contribution in [0, 0.1) is 6.92 Å². The molecule has 1 heterocycles. The molecule has 27 heavy (non-hydrogen) atoms. The summed E-state index contributed by atoms with van der Waals surface area (Å²) in [6.45, 7) is 5.78. The number of nitrogens with zero attached hydrogens (tertiary/aromatic N) is 1. The van der Waals surface area contributed by atoms with Crippen molar-refractivity contribution in [2.75, 3.05) is 13.2 Å². The van der Waals surface area contributed by atoms with E-state index in [9.17, 15) is 9.59 Å². The number of pyridine rings is 1. The number of rotatable bonds is 5. The van der Waals surface area contributed by atoms with E-state index in [0.717, 1.165) is 11.1 Å². The van der Waals surface area contributed by atoms with Gasteiger partial charge in [0.25, 0.3) is 0 Å². The topological polar surface area (TPSA) is 65.5 Å². The first-order valence-electron chi connectivity index (χ1n) is 8.90. The van der Waals surface area contributed by atoms with Crippen LogP contribution in [0.2, 0.25) is 0 Å². The molecule has 0 fully saturated rings. The molecule has 0 aliphatic carbocycles. The van der Waals surface area contributed by atoms with Gasteiger partial charge in [-0.3, -0.25) is 0 Å². The summed E-state index contributed by atoms with van der Waals surface area (Å²) in [7, 11) is 0. The van der Waals surface area contributed by atoms with E-state index >= 15 is 0 Å². The monoisotopic (exact) mass is 363 g/mol. The molecule has 3 aromatic rings. The van der Waals surface area contributed by atoms with Crippen LogP contribution in [0.3, 0.4) is 0 Å². The molecule has 0 aliphatic rings. The first kappa shape index (κ1) is 18.6. The lowest BCUT2D eigenvalue weighted by Gasteiger charge is -2.16. The number of fused-ring (bicyclic) bond motifs is 1. The van der Waals surface area contributed by atoms with Crippen molar-refractivity contribution in [3.63, 3.8) is 0 Å². The normalized spacial score (nSPS) is 10.6. The third kappa shape index (κ3) is 3.67. The quantitative estimate of drug-likeness (QED) is 0.622. The summed E-state index contributed by atoms with van der Waals surface area (Å²) in [5.41, 5.74) is 3.05. The van der Waals surface area contributed by atoms with Crippen molar-refractivity contribution in [2.24, 2.45) is 0 Å². The van der Waals surface area contributed by atoms with Gasteiger partial charge in [0.05, 0.1) is 30.0 Å². The molecule has 1 aromatic heterocycles. The summed E-state index contributed by atoms with van der Waals surface area (Å²) in [5.74, 6) is -1.15. The summed E-state index contributed by atoms with van der Waals surface area (Å²) in [4.78, 5) is 30.3. The SMILES string of the molecule is CCOC(=O)c1c(-c2ccccc2)nc2ccc(C)cc2c1C(=O)OCC. The minimum Gasteiger partial charge on any atom is -0.462 e. The van der Waals surface area contributed by atoms with Gasteiger partial charge in [-0.2, -0.15) is 0 Å². The molecule has 0 saturated heterocycles. The van der Waals surface area contributed by atoms with Crippen molar-refractivity contribution in [3.8, 4) is 11.3 Å². The number of carbonyl (C=O) groups is 2. The third-order valence-electron chi connectivity index (χ3n) is 4.15. The lowest BCUT2D eigenvalue weighted by molar-refractivity contribution is 0.0481. The first-order valence-corrected chi connectivity index (χ1v) is 8.90. The van der Waals surface area contributed by atoms with Gasteiger partial charge in [-0.05, 0) is 32.9 Å². The fourth-order valence-electron chi connectivity index (χ4n) is 3.00. The average Bonchev–Trinajstić information content (AvgIpc) is 2.67. The van der Waals surface area contributed by atoms with Crippen LogP contribution in [0.25, 0.3) is 22.2 Å². The van der Waals surface area contributed by atoms with Gasteiger partial charge in [-0.15, -0.1) is 0 Å². The lowest BCUT2D eigenvalue weighted by atomic mass is 9.95. The van der Waals surface area contributed by atoms with E-state index in [1.54, 1.807) is 13.8 Å². The smallest absolute Gasteiger partial charge is 0.341 e. The molecule has 2 aromatic carbocycles. The van der Waals surface area contributed by atoms with Gasteiger partial charge < -0.3 is 9.47 Å². The molecule has 0 bridgehead atoms. The van der Waals surface area contributed by atoms with Gasteiger partial charge in [0.1, 0.15) is 5.56 Å². The second-order valence-electron chi connectivity index (χ2n) is 6.04. The van der Waals surface area contributed by atoms with Gasteiger partial charge in [0.2, 0.25) is 0 Å². The Morgan fingerprint density at radius 3 is 2.15 bits per heavy atom. The Balaban J connectivity index is 2.43. The zero-order valence-corrected chi connectivity index (χ0v) is 15.6. The maximum atomic E-state index is 12.8. The number of esters is 2. The highest BCUT2D eigenvalue weighted by Gasteiger charge is 2.28. The number of carbonyl (C=O) groups excluding carboxylic acids is 2. The molecular formula is C22H21NO4. The van der Waals surface area contributed by atoms with Crippen LogP contribution in [-0.2, 0) is 9.47 Å². The van der Waals surface area contributed by atoms with E-state index < -0.39 is 11.9 Å². The second-order valence-corrected chi connectivity index (χ2v) is 6.04. The highest BCUT2D eigenvalue weighted by atomic mass is 16.5. The van der Waals surface area contributed by atoms with Crippen LogP contribution in [0.5, 0.6) is 0 Å². The zero-order chi connectivity index (χ0) is 19.4. The Morgan fingerprint density at radius 2 is 1.52 bits per heavy atom. The van der Waals surface area contributed by atoms with E-state index in [1.807, 2.05) is 55.5 Å². The summed E-state index contributed by atoms with van der Waals surface area (Å²) >= 11 is 0. The van der Waals surface area contributed by atoms with Crippen molar-refractivity contribution < 1.29 is 19.1 Å². The minimum atomic E-state index is -0.588. The number of hydrogen-bond acceptors (Lipinski definition) is 5. The predicted octanol–water partition coefficient (Wildman–Crippen LogP) is 4.56. The zero-order valence-electron chi connectivity index (χ0n) is 15.6. The molecule has 138 valence electrons. The molecule has 0 unspecified atom stereocenters. The minimum absolute atomic E-state index is 0.139. The Bertz CT molecular complexity index is 996. The van der Waals surface area contributed by atoms with Crippen LogP contribution in [0.4, 0.5) is 0 Å². The fraction of sp³-hybridized carbons (Fsp3) is 0.227. The summed E-state index contributed by atoms with van der Waals surface area (Å²) in [5, 5.41) is 0.580. The van der Waals surface area contributed by atoms with E-state index in [0.29, 0.717) is 16.6 Å². The van der Waals surface area contributed by atoms with Crippen molar-refractivity contribution in [1.29, 1.82) is 0 Å². The Kier molecular flexibility index (Phi) is 5.50. The maximum absolute atomic E-state index is 12.8. The highest BCUT2D eigenvalue weighted by molar-refractivity contribution is 6.15. The molecule has 0 amide bonds. The second kappa shape index (κ2) is 7.99. The molecule has 0 spiro atoms. The van der Waals surface area contributed by atoms with Gasteiger partial charge in [0.15, 0.2) is 0 Å². The van der Waals surface area contributed by atoms with E-state index in [4.69, 9.17) is 9.47 Å². The van der Waals surface area contributed by atoms with E-state index in [1.165, 1.54) is 0 Å². The van der Waals surface area contributed by atoms with Gasteiger partial charge >= 0.3 is 11.9 Å². The molecule has 0 radical (unpaired) electrons. The molecule has 5 nitrogen and oxygen atoms in total. The number of ether oxygens (including phenoxy) is 2. The summed E-state index contributed by atoms with van der Waals surface area (Å²) < 4.78 is 10.5. The fourth-order valence-corrected chi connectivity index (χ4v) is 3.00. The molecular weight excluding hydrogens is 342 g/mol. The van der Waals surface area contributed by atoms with Crippen molar-refractivity contribution in [3.05, 3.63) is 65.2 Å². The Morgan fingerprint density at radius 1 is 0.889 bits per heavy atom. The first-order chi connectivity index (χ1) is 13.1. The van der Waals surface area contributed by atoms with Crippen LogP contribution in [0.15, 0.2) is 48.5 Å². The Labute approximate surface area is 157 Å². The largest absolute Gasteiger partial charge is 0.462 e. The lowest BCUT2D eigenvalue weighted by Crippen LogP contribution is -2.17. The molecule has 5 heteroatoms. The van der Waals surface area contributed by atoms with E-state index in [2.05, 4.69) is 4.98 Å². The summed E-state index contributed by atoms with van der Waals surface area (Å²) in [6, 6.07) is 14.9. The molecule has 3 rings (SSSR count). The van der Waals surface area contributed by atoms with Crippen LogP contribution >= 0.6 is 0 Å². The number of hydrogen-bond donors (Lipinski definition) is 0.